The SMILES string of the molecule is CC(Nc1cc(F)ccc1Cl)c1ccc(Cl)c(Cl)c1. The quantitative estimate of drug-likeness (QED) is 0.736. The summed E-state index contributed by atoms with van der Waals surface area (Å²) < 4.78 is 13.2. The van der Waals surface area contributed by atoms with Gasteiger partial charge in [0.2, 0.25) is 0 Å². The van der Waals surface area contributed by atoms with Gasteiger partial charge >= 0.3 is 0 Å². The van der Waals surface area contributed by atoms with Crippen LogP contribution in [0.4, 0.5) is 10.1 Å². The number of nitrogens with one attached hydrogen (secondary N) is 1. The number of halogens is 4. The van der Waals surface area contributed by atoms with Gasteiger partial charge in [-0.15, -0.1) is 0 Å². The summed E-state index contributed by atoms with van der Waals surface area (Å²) in [5.74, 6) is -0.340. The van der Waals surface area contributed by atoms with E-state index >= 15 is 0 Å². The second-order valence-electron chi connectivity index (χ2n) is 4.16. The lowest BCUT2D eigenvalue weighted by Gasteiger charge is -2.17. The number of hydrogen-bond acceptors (Lipinski definition) is 1. The summed E-state index contributed by atoms with van der Waals surface area (Å²) >= 11 is 17.8. The van der Waals surface area contributed by atoms with Crippen molar-refractivity contribution in [2.45, 2.75) is 13.0 Å². The first kappa shape index (κ1) is 14.4. The monoisotopic (exact) mass is 317 g/mol. The van der Waals surface area contributed by atoms with E-state index in [1.807, 2.05) is 13.0 Å². The molecule has 0 saturated carbocycles. The number of benzene rings is 2. The Morgan fingerprint density at radius 2 is 1.63 bits per heavy atom. The highest BCUT2D eigenvalue weighted by Gasteiger charge is 2.10. The van der Waals surface area contributed by atoms with Crippen molar-refractivity contribution in [3.05, 3.63) is 62.8 Å². The molecule has 0 spiro atoms. The highest BCUT2D eigenvalue weighted by atomic mass is 35.5. The Labute approximate surface area is 126 Å². The Morgan fingerprint density at radius 3 is 2.32 bits per heavy atom. The molecule has 0 aliphatic rings. The maximum absolute atomic E-state index is 13.2. The third-order valence-corrected chi connectivity index (χ3v) is 3.81. The summed E-state index contributed by atoms with van der Waals surface area (Å²) in [6.45, 7) is 1.93. The van der Waals surface area contributed by atoms with Crippen molar-refractivity contribution < 1.29 is 4.39 Å². The fourth-order valence-corrected chi connectivity index (χ4v) is 2.19. The Kier molecular flexibility index (Phi) is 4.56. The average molecular weight is 319 g/mol. The van der Waals surface area contributed by atoms with E-state index in [-0.39, 0.29) is 11.9 Å². The number of hydrogen-bond donors (Lipinski definition) is 1. The average Bonchev–Trinajstić information content (AvgIpc) is 2.37. The zero-order valence-corrected chi connectivity index (χ0v) is 12.3. The molecule has 2 aromatic rings. The van der Waals surface area contributed by atoms with Gasteiger partial charge in [0.05, 0.1) is 20.8 Å². The van der Waals surface area contributed by atoms with Gasteiger partial charge in [0.15, 0.2) is 0 Å². The van der Waals surface area contributed by atoms with Crippen LogP contribution in [-0.2, 0) is 0 Å². The molecule has 1 nitrogen and oxygen atoms in total. The molecule has 1 atom stereocenters. The largest absolute Gasteiger partial charge is 0.377 e. The summed E-state index contributed by atoms with van der Waals surface area (Å²) in [5, 5.41) is 4.59. The fraction of sp³-hybridized carbons (Fsp3) is 0.143. The molecular weight excluding hydrogens is 308 g/mol. The molecule has 2 rings (SSSR count). The summed E-state index contributed by atoms with van der Waals surface area (Å²) in [5.41, 5.74) is 1.48. The van der Waals surface area contributed by atoms with Crippen molar-refractivity contribution in [2.24, 2.45) is 0 Å². The van der Waals surface area contributed by atoms with Gasteiger partial charge in [-0.3, -0.25) is 0 Å². The van der Waals surface area contributed by atoms with Crippen LogP contribution in [-0.4, -0.2) is 0 Å². The van der Waals surface area contributed by atoms with Gasteiger partial charge in [-0.1, -0.05) is 40.9 Å². The zero-order valence-electron chi connectivity index (χ0n) is 10.1. The third-order valence-electron chi connectivity index (χ3n) is 2.74. The smallest absolute Gasteiger partial charge is 0.125 e. The molecular formula is C14H11Cl3FN. The molecule has 5 heteroatoms. The van der Waals surface area contributed by atoms with Gasteiger partial charge in [-0.2, -0.15) is 0 Å². The minimum atomic E-state index is -0.340. The predicted octanol–water partition coefficient (Wildman–Crippen LogP) is 5.96. The molecule has 0 bridgehead atoms. The van der Waals surface area contributed by atoms with Crippen LogP contribution in [0.15, 0.2) is 36.4 Å². The van der Waals surface area contributed by atoms with E-state index in [0.29, 0.717) is 20.8 Å². The Hall–Kier alpha value is -0.960. The van der Waals surface area contributed by atoms with Crippen molar-refractivity contribution in [3.63, 3.8) is 0 Å². The van der Waals surface area contributed by atoms with Crippen LogP contribution < -0.4 is 5.32 Å². The van der Waals surface area contributed by atoms with E-state index in [4.69, 9.17) is 34.8 Å². The van der Waals surface area contributed by atoms with E-state index < -0.39 is 0 Å². The summed E-state index contributed by atoms with van der Waals surface area (Å²) in [6, 6.07) is 9.47. The normalized spacial score (nSPS) is 12.3. The topological polar surface area (TPSA) is 12.0 Å². The van der Waals surface area contributed by atoms with Crippen LogP contribution in [0.2, 0.25) is 15.1 Å². The Balaban J connectivity index is 2.22. The summed E-state index contributed by atoms with van der Waals surface area (Å²) in [7, 11) is 0. The lowest BCUT2D eigenvalue weighted by molar-refractivity contribution is 0.628. The van der Waals surface area contributed by atoms with E-state index in [2.05, 4.69) is 5.32 Å². The number of anilines is 1. The first-order valence-corrected chi connectivity index (χ1v) is 6.77. The van der Waals surface area contributed by atoms with Crippen molar-refractivity contribution in [1.82, 2.24) is 0 Å². The van der Waals surface area contributed by atoms with Gasteiger partial charge in [0, 0.05) is 6.04 Å². The molecule has 2 aromatic carbocycles. The minimum Gasteiger partial charge on any atom is -0.377 e. The molecule has 0 aliphatic carbocycles. The second-order valence-corrected chi connectivity index (χ2v) is 5.39. The zero-order chi connectivity index (χ0) is 14.0. The molecule has 1 N–H and O–H groups in total. The molecule has 0 radical (unpaired) electrons. The highest BCUT2D eigenvalue weighted by Crippen LogP contribution is 2.30. The molecule has 0 fully saturated rings. The van der Waals surface area contributed by atoms with Gasteiger partial charge in [-0.05, 0) is 42.8 Å². The van der Waals surface area contributed by atoms with E-state index in [0.717, 1.165) is 5.56 Å². The first-order chi connectivity index (χ1) is 8.97. The third kappa shape index (κ3) is 3.53. The van der Waals surface area contributed by atoms with Gasteiger partial charge < -0.3 is 5.32 Å². The molecule has 1 unspecified atom stereocenters. The van der Waals surface area contributed by atoms with Crippen LogP contribution in [0.1, 0.15) is 18.5 Å². The van der Waals surface area contributed by atoms with Gasteiger partial charge in [-0.25, -0.2) is 4.39 Å². The summed E-state index contributed by atoms with van der Waals surface area (Å²) in [6.07, 6.45) is 0. The molecule has 0 saturated heterocycles. The molecule has 0 aliphatic heterocycles. The minimum absolute atomic E-state index is 0.0749. The highest BCUT2D eigenvalue weighted by molar-refractivity contribution is 6.42. The van der Waals surface area contributed by atoms with Crippen LogP contribution in [0.25, 0.3) is 0 Å². The van der Waals surface area contributed by atoms with Gasteiger partial charge in [0.25, 0.3) is 0 Å². The maximum atomic E-state index is 13.2. The lowest BCUT2D eigenvalue weighted by atomic mass is 10.1. The second kappa shape index (κ2) is 6.00. The first-order valence-electron chi connectivity index (χ1n) is 5.64. The van der Waals surface area contributed by atoms with Crippen LogP contribution in [0.5, 0.6) is 0 Å². The molecule has 0 heterocycles. The van der Waals surface area contributed by atoms with Crippen LogP contribution in [0.3, 0.4) is 0 Å². The molecule has 0 amide bonds. The Morgan fingerprint density at radius 1 is 0.947 bits per heavy atom. The molecule has 19 heavy (non-hydrogen) atoms. The van der Waals surface area contributed by atoms with E-state index in [9.17, 15) is 4.39 Å². The molecule has 100 valence electrons. The number of rotatable bonds is 3. The maximum Gasteiger partial charge on any atom is 0.125 e. The standard InChI is InChI=1S/C14H11Cl3FN/c1-8(9-2-4-11(15)13(17)6-9)19-14-7-10(18)3-5-12(14)16/h2-8,19H,1H3. The van der Waals surface area contributed by atoms with Crippen molar-refractivity contribution >= 4 is 40.5 Å². The van der Waals surface area contributed by atoms with Crippen LogP contribution >= 0.6 is 34.8 Å². The van der Waals surface area contributed by atoms with Crippen molar-refractivity contribution in [2.75, 3.05) is 5.32 Å². The lowest BCUT2D eigenvalue weighted by Crippen LogP contribution is -2.07. The fourth-order valence-electron chi connectivity index (χ4n) is 1.71. The van der Waals surface area contributed by atoms with E-state index in [1.54, 1.807) is 12.1 Å². The molecule has 0 aromatic heterocycles. The predicted molar refractivity (Wildman–Crippen MR) is 79.9 cm³/mol. The van der Waals surface area contributed by atoms with Crippen molar-refractivity contribution in [1.29, 1.82) is 0 Å². The summed E-state index contributed by atoms with van der Waals surface area (Å²) in [4.78, 5) is 0. The Bertz CT molecular complexity index is 601. The van der Waals surface area contributed by atoms with Crippen LogP contribution in [0, 0.1) is 5.82 Å². The van der Waals surface area contributed by atoms with E-state index in [1.165, 1.54) is 18.2 Å². The van der Waals surface area contributed by atoms with Gasteiger partial charge in [0.1, 0.15) is 5.82 Å². The van der Waals surface area contributed by atoms with Crippen molar-refractivity contribution in [3.8, 4) is 0 Å².